The van der Waals surface area contributed by atoms with Crippen LogP contribution in [-0.2, 0) is 0 Å². The first kappa shape index (κ1) is 15.9. The molecular formula is C21H18BrNO3. The van der Waals surface area contributed by atoms with Gasteiger partial charge in [-0.2, -0.15) is 0 Å². The molecule has 5 rings (SSSR count). The Kier molecular flexibility index (Phi) is 3.60. The van der Waals surface area contributed by atoms with Crippen molar-refractivity contribution in [3.8, 4) is 11.5 Å². The highest BCUT2D eigenvalue weighted by Gasteiger charge is 2.39. The summed E-state index contributed by atoms with van der Waals surface area (Å²) in [5, 5.41) is 3.71. The van der Waals surface area contributed by atoms with Gasteiger partial charge in [-0.05, 0) is 60.7 Å². The van der Waals surface area contributed by atoms with Crippen molar-refractivity contribution in [1.82, 2.24) is 0 Å². The van der Waals surface area contributed by atoms with Crippen molar-refractivity contribution in [2.45, 2.75) is 25.3 Å². The van der Waals surface area contributed by atoms with E-state index in [1.807, 2.05) is 24.3 Å². The maximum Gasteiger partial charge on any atom is 0.231 e. The first-order valence-corrected chi connectivity index (χ1v) is 9.58. The Hall–Kier alpha value is -2.27. The van der Waals surface area contributed by atoms with Gasteiger partial charge in [0, 0.05) is 21.6 Å². The van der Waals surface area contributed by atoms with E-state index in [-0.39, 0.29) is 18.6 Å². The molecule has 1 N–H and O–H groups in total. The molecule has 3 atom stereocenters. The summed E-state index contributed by atoms with van der Waals surface area (Å²) >= 11 is 3.71. The van der Waals surface area contributed by atoms with Gasteiger partial charge in [-0.15, -0.1) is 0 Å². The number of benzene rings is 2. The number of Topliss-reactive ketones (excluding diaryl/α,β-unsaturated/α-hetero) is 1. The standard InChI is InChI=1S/C21H18BrNO3/c1-11(24)12-5-6-18-15(7-12)13-3-2-4-14(13)21(23-18)16-8-19-20(9-17(16)22)26-10-25-19/h2-3,5-9,13-14,21,23H,4,10H2,1H3/t13-,14?,21-/m1/s1. The summed E-state index contributed by atoms with van der Waals surface area (Å²) in [4.78, 5) is 11.8. The minimum absolute atomic E-state index is 0.104. The first-order valence-electron chi connectivity index (χ1n) is 8.79. The smallest absolute Gasteiger partial charge is 0.231 e. The lowest BCUT2D eigenvalue weighted by molar-refractivity contribution is 0.101. The first-order chi connectivity index (χ1) is 12.6. The van der Waals surface area contributed by atoms with Crippen LogP contribution in [0.2, 0.25) is 0 Å². The molecule has 0 aromatic heterocycles. The van der Waals surface area contributed by atoms with Crippen molar-refractivity contribution >= 4 is 27.4 Å². The molecule has 0 radical (unpaired) electrons. The second-order valence-electron chi connectivity index (χ2n) is 7.06. The summed E-state index contributed by atoms with van der Waals surface area (Å²) in [5.74, 6) is 2.40. The van der Waals surface area contributed by atoms with Gasteiger partial charge < -0.3 is 14.8 Å². The fourth-order valence-corrected chi connectivity index (χ4v) is 4.86. The molecule has 0 saturated carbocycles. The van der Waals surface area contributed by atoms with Crippen LogP contribution >= 0.6 is 15.9 Å². The number of hydrogen-bond donors (Lipinski definition) is 1. The maximum absolute atomic E-state index is 11.8. The van der Waals surface area contributed by atoms with Crippen LogP contribution in [0.5, 0.6) is 11.5 Å². The van der Waals surface area contributed by atoms with E-state index in [1.165, 1.54) is 11.1 Å². The predicted octanol–water partition coefficient (Wildman–Crippen LogP) is 5.21. The fraction of sp³-hybridized carbons (Fsp3) is 0.286. The largest absolute Gasteiger partial charge is 0.454 e. The maximum atomic E-state index is 11.8. The SMILES string of the molecule is CC(=O)c1ccc2c(c1)[C@@H]1C=CCC1[C@H](c1cc3c(cc1Br)OCO3)N2. The summed E-state index contributed by atoms with van der Waals surface area (Å²) < 4.78 is 12.1. The van der Waals surface area contributed by atoms with Gasteiger partial charge in [-0.1, -0.05) is 28.1 Å². The summed E-state index contributed by atoms with van der Waals surface area (Å²) in [7, 11) is 0. The third-order valence-corrected chi connectivity index (χ3v) is 6.28. The molecule has 2 heterocycles. The summed E-state index contributed by atoms with van der Waals surface area (Å²) in [6.45, 7) is 1.89. The molecule has 4 nitrogen and oxygen atoms in total. The molecular weight excluding hydrogens is 394 g/mol. The van der Waals surface area contributed by atoms with Gasteiger partial charge in [0.05, 0.1) is 6.04 Å². The van der Waals surface area contributed by atoms with E-state index in [2.05, 4.69) is 39.5 Å². The number of rotatable bonds is 2. The van der Waals surface area contributed by atoms with Crippen LogP contribution in [0.4, 0.5) is 5.69 Å². The number of anilines is 1. The van der Waals surface area contributed by atoms with Crippen LogP contribution in [0, 0.1) is 5.92 Å². The summed E-state index contributed by atoms with van der Waals surface area (Å²) in [5.41, 5.74) is 4.25. The van der Waals surface area contributed by atoms with E-state index in [4.69, 9.17) is 9.47 Å². The second-order valence-corrected chi connectivity index (χ2v) is 7.92. The number of carbonyl (C=O) groups excluding carboxylic acids is 1. The van der Waals surface area contributed by atoms with Gasteiger partial charge in [0.1, 0.15) is 0 Å². The Balaban J connectivity index is 1.59. The Bertz CT molecular complexity index is 953. The van der Waals surface area contributed by atoms with Crippen LogP contribution < -0.4 is 14.8 Å². The van der Waals surface area contributed by atoms with Crippen LogP contribution in [0.1, 0.15) is 46.8 Å². The van der Waals surface area contributed by atoms with Crippen molar-refractivity contribution in [3.05, 3.63) is 63.6 Å². The van der Waals surface area contributed by atoms with Crippen LogP contribution in [0.25, 0.3) is 0 Å². The van der Waals surface area contributed by atoms with Crippen molar-refractivity contribution in [3.63, 3.8) is 0 Å². The molecule has 2 aliphatic heterocycles. The molecule has 26 heavy (non-hydrogen) atoms. The summed E-state index contributed by atoms with van der Waals surface area (Å²) in [6.07, 6.45) is 5.54. The van der Waals surface area contributed by atoms with Crippen molar-refractivity contribution in [1.29, 1.82) is 0 Å². The van der Waals surface area contributed by atoms with Crippen LogP contribution in [-0.4, -0.2) is 12.6 Å². The Morgan fingerprint density at radius 2 is 1.96 bits per heavy atom. The van der Waals surface area contributed by atoms with Crippen molar-refractivity contribution in [2.75, 3.05) is 12.1 Å². The second kappa shape index (κ2) is 5.88. The molecule has 2 aromatic rings. The highest BCUT2D eigenvalue weighted by atomic mass is 79.9. The van der Waals surface area contributed by atoms with E-state index in [1.54, 1.807) is 6.92 Å². The fourth-order valence-electron chi connectivity index (χ4n) is 4.29. The number of allylic oxidation sites excluding steroid dienone is 2. The van der Waals surface area contributed by atoms with E-state index in [0.29, 0.717) is 11.8 Å². The highest BCUT2D eigenvalue weighted by molar-refractivity contribution is 9.10. The van der Waals surface area contributed by atoms with Crippen molar-refractivity contribution in [2.24, 2.45) is 5.92 Å². The van der Waals surface area contributed by atoms with E-state index in [9.17, 15) is 4.79 Å². The number of hydrogen-bond acceptors (Lipinski definition) is 4. The lowest BCUT2D eigenvalue weighted by Gasteiger charge is -2.38. The normalized spacial score (nSPS) is 24.8. The molecule has 0 amide bonds. The predicted molar refractivity (Wildman–Crippen MR) is 103 cm³/mol. The Morgan fingerprint density at radius 1 is 1.15 bits per heavy atom. The topological polar surface area (TPSA) is 47.6 Å². The molecule has 5 heteroatoms. The zero-order chi connectivity index (χ0) is 17.8. The van der Waals surface area contributed by atoms with Gasteiger partial charge in [0.15, 0.2) is 17.3 Å². The highest BCUT2D eigenvalue weighted by Crippen LogP contribution is 2.52. The molecule has 0 fully saturated rings. The van der Waals surface area contributed by atoms with Crippen LogP contribution in [0.15, 0.2) is 47.0 Å². The molecule has 0 spiro atoms. The van der Waals surface area contributed by atoms with Gasteiger partial charge in [0.2, 0.25) is 6.79 Å². The van der Waals surface area contributed by atoms with Gasteiger partial charge in [-0.25, -0.2) is 0 Å². The molecule has 1 unspecified atom stereocenters. The number of halogens is 1. The Morgan fingerprint density at radius 3 is 2.77 bits per heavy atom. The minimum Gasteiger partial charge on any atom is -0.454 e. The number of ether oxygens (including phenoxy) is 2. The molecule has 0 saturated heterocycles. The lowest BCUT2D eigenvalue weighted by atomic mass is 9.76. The number of nitrogens with one attached hydrogen (secondary N) is 1. The zero-order valence-corrected chi connectivity index (χ0v) is 15.9. The lowest BCUT2D eigenvalue weighted by Crippen LogP contribution is -2.29. The average Bonchev–Trinajstić information content (AvgIpc) is 3.29. The number of carbonyl (C=O) groups is 1. The molecule has 132 valence electrons. The van der Waals surface area contributed by atoms with Crippen LogP contribution in [0.3, 0.4) is 0 Å². The molecule has 3 aliphatic rings. The monoisotopic (exact) mass is 411 g/mol. The zero-order valence-electron chi connectivity index (χ0n) is 14.3. The average molecular weight is 412 g/mol. The van der Waals surface area contributed by atoms with Gasteiger partial charge in [0.25, 0.3) is 0 Å². The van der Waals surface area contributed by atoms with Gasteiger partial charge in [-0.3, -0.25) is 4.79 Å². The third-order valence-electron chi connectivity index (χ3n) is 5.60. The van der Waals surface area contributed by atoms with Gasteiger partial charge >= 0.3 is 0 Å². The van der Waals surface area contributed by atoms with E-state index in [0.717, 1.165) is 33.6 Å². The third kappa shape index (κ3) is 2.37. The Labute approximate surface area is 160 Å². The van der Waals surface area contributed by atoms with E-state index >= 15 is 0 Å². The number of fused-ring (bicyclic) bond motifs is 4. The van der Waals surface area contributed by atoms with Crippen molar-refractivity contribution < 1.29 is 14.3 Å². The molecule has 2 aromatic carbocycles. The number of ketones is 1. The summed E-state index contributed by atoms with van der Waals surface area (Å²) in [6, 6.07) is 10.2. The van der Waals surface area contributed by atoms with E-state index < -0.39 is 0 Å². The molecule has 0 bridgehead atoms. The molecule has 1 aliphatic carbocycles. The minimum atomic E-state index is 0.104. The quantitative estimate of drug-likeness (QED) is 0.544.